The van der Waals surface area contributed by atoms with Gasteiger partial charge in [0.05, 0.1) is 16.6 Å². The molecule has 2 aliphatic rings. The highest BCUT2D eigenvalue weighted by Crippen LogP contribution is 2.41. The van der Waals surface area contributed by atoms with Crippen molar-refractivity contribution >= 4 is 22.6 Å². The minimum Gasteiger partial charge on any atom is -0.508 e. The molecule has 1 aliphatic heterocycles. The zero-order valence-electron chi connectivity index (χ0n) is 17.3. The number of phenolic OH excluding ortho intramolecular Hbond substituents is 1. The van der Waals surface area contributed by atoms with Crippen LogP contribution >= 0.6 is 0 Å². The molecule has 1 amide bonds. The Kier molecular flexibility index (Phi) is 4.57. The molecule has 0 saturated heterocycles. The molecule has 154 valence electrons. The van der Waals surface area contributed by atoms with Crippen molar-refractivity contribution in [2.45, 2.75) is 44.9 Å². The molecule has 0 spiro atoms. The van der Waals surface area contributed by atoms with Crippen molar-refractivity contribution in [2.24, 2.45) is 0 Å². The van der Waals surface area contributed by atoms with Gasteiger partial charge in [-0.05, 0) is 54.5 Å². The van der Waals surface area contributed by atoms with Crippen molar-refractivity contribution in [2.75, 3.05) is 13.1 Å². The first-order valence-corrected chi connectivity index (χ1v) is 10.6. The molecule has 30 heavy (non-hydrogen) atoms. The molecule has 0 radical (unpaired) electrons. The van der Waals surface area contributed by atoms with Gasteiger partial charge in [-0.3, -0.25) is 4.79 Å². The summed E-state index contributed by atoms with van der Waals surface area (Å²) in [4.78, 5) is 20.1. The van der Waals surface area contributed by atoms with E-state index in [1.165, 1.54) is 5.57 Å². The van der Waals surface area contributed by atoms with E-state index in [1.807, 2.05) is 36.9 Å². The van der Waals surface area contributed by atoms with Crippen molar-refractivity contribution in [3.8, 4) is 5.75 Å². The van der Waals surface area contributed by atoms with Crippen LogP contribution in [0.5, 0.6) is 5.75 Å². The molecule has 2 aromatic heterocycles. The van der Waals surface area contributed by atoms with E-state index < -0.39 is 0 Å². The largest absolute Gasteiger partial charge is 0.508 e. The molecule has 1 aliphatic carbocycles. The van der Waals surface area contributed by atoms with E-state index in [0.717, 1.165) is 41.6 Å². The van der Waals surface area contributed by atoms with Gasteiger partial charge in [0, 0.05) is 24.7 Å². The van der Waals surface area contributed by atoms with Gasteiger partial charge in [0.1, 0.15) is 5.75 Å². The van der Waals surface area contributed by atoms with E-state index in [9.17, 15) is 9.90 Å². The summed E-state index contributed by atoms with van der Waals surface area (Å²) in [6.07, 6.45) is 5.10. The Morgan fingerprint density at radius 2 is 2.00 bits per heavy atom. The fourth-order valence-electron chi connectivity index (χ4n) is 4.10. The van der Waals surface area contributed by atoms with Crippen LogP contribution in [0.1, 0.15) is 72.3 Å². The number of aromatic hydroxyl groups is 1. The summed E-state index contributed by atoms with van der Waals surface area (Å²) in [5.41, 5.74) is 5.15. The van der Waals surface area contributed by atoms with Crippen molar-refractivity contribution < 1.29 is 14.4 Å². The molecule has 1 fully saturated rings. The topological polar surface area (TPSA) is 79.5 Å². The predicted octanol–water partition coefficient (Wildman–Crippen LogP) is 4.86. The predicted molar refractivity (Wildman–Crippen MR) is 114 cm³/mol. The van der Waals surface area contributed by atoms with Crippen LogP contribution in [0.3, 0.4) is 0 Å². The molecule has 5 rings (SSSR count). The number of carbonyl (C=O) groups is 1. The third-order valence-corrected chi connectivity index (χ3v) is 6.00. The van der Waals surface area contributed by atoms with E-state index in [-0.39, 0.29) is 17.6 Å². The van der Waals surface area contributed by atoms with Crippen molar-refractivity contribution in [1.29, 1.82) is 0 Å². The van der Waals surface area contributed by atoms with Gasteiger partial charge in [-0.15, -0.1) is 0 Å². The number of hydrogen-bond acceptors (Lipinski definition) is 5. The van der Waals surface area contributed by atoms with Gasteiger partial charge in [-0.2, -0.15) is 0 Å². The second-order valence-electron chi connectivity index (χ2n) is 8.55. The van der Waals surface area contributed by atoms with Gasteiger partial charge in [-0.25, -0.2) is 4.98 Å². The number of hydrogen-bond donors (Lipinski definition) is 1. The van der Waals surface area contributed by atoms with Gasteiger partial charge in [-0.1, -0.05) is 37.2 Å². The zero-order valence-corrected chi connectivity index (χ0v) is 17.3. The van der Waals surface area contributed by atoms with E-state index >= 15 is 0 Å². The Morgan fingerprint density at radius 1 is 1.23 bits per heavy atom. The van der Waals surface area contributed by atoms with Gasteiger partial charge in [0.25, 0.3) is 11.6 Å². The summed E-state index contributed by atoms with van der Waals surface area (Å²) in [5.74, 6) is 0.842. The number of rotatable bonds is 4. The summed E-state index contributed by atoms with van der Waals surface area (Å²) in [6.45, 7) is 5.30. The number of pyridine rings is 1. The Balaban J connectivity index is 1.47. The van der Waals surface area contributed by atoms with Crippen LogP contribution in [0.15, 0.2) is 40.9 Å². The standard InChI is InChI=1S/C24H25N3O3/c1-14(2)22-21-19(13-20(17-3-4-17)25-23(21)30-26-22)24(29)27-11-9-16(10-12-27)15-5-7-18(28)8-6-15/h5-9,13-14,17,28H,3-4,10-12H2,1-2H3. The summed E-state index contributed by atoms with van der Waals surface area (Å²) in [5, 5.41) is 14.5. The van der Waals surface area contributed by atoms with Gasteiger partial charge >= 0.3 is 0 Å². The summed E-state index contributed by atoms with van der Waals surface area (Å²) >= 11 is 0. The molecule has 0 atom stereocenters. The average Bonchev–Trinajstić information content (AvgIpc) is 3.52. The molecule has 6 heteroatoms. The minimum atomic E-state index is 0.00964. The van der Waals surface area contributed by atoms with E-state index in [4.69, 9.17) is 4.52 Å². The van der Waals surface area contributed by atoms with E-state index in [0.29, 0.717) is 30.3 Å². The van der Waals surface area contributed by atoms with E-state index in [2.05, 4.69) is 16.2 Å². The number of carbonyl (C=O) groups excluding carboxylic acids is 1. The minimum absolute atomic E-state index is 0.00964. The number of phenols is 1. The highest BCUT2D eigenvalue weighted by atomic mass is 16.5. The number of benzene rings is 1. The molecule has 3 heterocycles. The quantitative estimate of drug-likeness (QED) is 0.673. The molecule has 0 bridgehead atoms. The lowest BCUT2D eigenvalue weighted by Gasteiger charge is -2.27. The molecule has 1 saturated carbocycles. The molecular formula is C24H25N3O3. The average molecular weight is 403 g/mol. The number of fused-ring (bicyclic) bond motifs is 1. The molecule has 6 nitrogen and oxygen atoms in total. The Labute approximate surface area is 175 Å². The van der Waals surface area contributed by atoms with Crippen LogP contribution in [-0.2, 0) is 0 Å². The fourth-order valence-corrected chi connectivity index (χ4v) is 4.10. The Bertz CT molecular complexity index is 1140. The van der Waals surface area contributed by atoms with Crippen LogP contribution < -0.4 is 0 Å². The van der Waals surface area contributed by atoms with Crippen molar-refractivity contribution in [1.82, 2.24) is 15.0 Å². The first-order chi connectivity index (χ1) is 14.5. The summed E-state index contributed by atoms with van der Waals surface area (Å²) in [6, 6.07) is 9.18. The van der Waals surface area contributed by atoms with Crippen molar-refractivity contribution in [3.63, 3.8) is 0 Å². The second kappa shape index (κ2) is 7.27. The molecule has 3 aromatic rings. The second-order valence-corrected chi connectivity index (χ2v) is 8.55. The molecule has 0 unspecified atom stereocenters. The lowest BCUT2D eigenvalue weighted by atomic mass is 9.97. The lowest BCUT2D eigenvalue weighted by Crippen LogP contribution is -2.35. The number of aromatic nitrogens is 2. The zero-order chi connectivity index (χ0) is 20.8. The Morgan fingerprint density at radius 3 is 2.63 bits per heavy atom. The monoisotopic (exact) mass is 403 g/mol. The molecule has 1 N–H and O–H groups in total. The number of amides is 1. The van der Waals surface area contributed by atoms with Gasteiger partial charge in [0.15, 0.2) is 0 Å². The SMILES string of the molecule is CC(C)c1noc2nc(C3CC3)cc(C(=O)N3CC=C(c4ccc(O)cc4)CC3)c12. The maximum absolute atomic E-state index is 13.5. The molecular weight excluding hydrogens is 378 g/mol. The van der Waals surface area contributed by atoms with Crippen LogP contribution in [0, 0.1) is 0 Å². The summed E-state index contributed by atoms with van der Waals surface area (Å²) in [7, 11) is 0. The Hall–Kier alpha value is -3.15. The lowest BCUT2D eigenvalue weighted by molar-refractivity contribution is 0.0774. The maximum atomic E-state index is 13.5. The highest BCUT2D eigenvalue weighted by molar-refractivity contribution is 6.06. The number of nitrogens with zero attached hydrogens (tertiary/aromatic N) is 3. The van der Waals surface area contributed by atoms with E-state index in [1.54, 1.807) is 12.1 Å². The van der Waals surface area contributed by atoms with Crippen LogP contribution in [0.2, 0.25) is 0 Å². The smallest absolute Gasteiger partial charge is 0.259 e. The van der Waals surface area contributed by atoms with Crippen LogP contribution in [-0.4, -0.2) is 39.1 Å². The van der Waals surface area contributed by atoms with Gasteiger partial charge in [0.2, 0.25) is 0 Å². The summed E-state index contributed by atoms with van der Waals surface area (Å²) < 4.78 is 5.53. The van der Waals surface area contributed by atoms with Crippen LogP contribution in [0.25, 0.3) is 16.7 Å². The molecule has 1 aromatic carbocycles. The van der Waals surface area contributed by atoms with Gasteiger partial charge < -0.3 is 14.5 Å². The first kappa shape index (κ1) is 18.9. The third kappa shape index (κ3) is 3.36. The van der Waals surface area contributed by atoms with Crippen LogP contribution in [0.4, 0.5) is 0 Å². The van der Waals surface area contributed by atoms with Crippen molar-refractivity contribution in [3.05, 3.63) is 58.9 Å². The normalized spacial score (nSPS) is 16.9. The maximum Gasteiger partial charge on any atom is 0.259 e. The highest BCUT2D eigenvalue weighted by Gasteiger charge is 2.31. The first-order valence-electron chi connectivity index (χ1n) is 10.6. The third-order valence-electron chi connectivity index (χ3n) is 6.00. The fraction of sp³-hybridized carbons (Fsp3) is 0.375.